The molecule has 2 aromatic carbocycles. The van der Waals surface area contributed by atoms with Gasteiger partial charge in [-0.3, -0.25) is 4.79 Å². The van der Waals surface area contributed by atoms with Crippen molar-refractivity contribution in [1.82, 2.24) is 14.7 Å². The maximum absolute atomic E-state index is 13.0. The molecule has 2 heterocycles. The van der Waals surface area contributed by atoms with E-state index >= 15 is 0 Å². The number of nitrogens with one attached hydrogen (secondary N) is 1. The minimum absolute atomic E-state index is 0.0480. The van der Waals surface area contributed by atoms with Gasteiger partial charge in [-0.2, -0.15) is 0 Å². The van der Waals surface area contributed by atoms with Crippen LogP contribution in [0, 0.1) is 0 Å². The Morgan fingerprint density at radius 1 is 1.09 bits per heavy atom. The lowest BCUT2D eigenvalue weighted by atomic mass is 10.0. The number of hydrogen-bond acceptors (Lipinski definition) is 6. The first-order valence-electron chi connectivity index (χ1n) is 11.6. The molecule has 1 amide bonds. The topological polar surface area (TPSA) is 92.3 Å². The van der Waals surface area contributed by atoms with Crippen LogP contribution in [0.5, 0.6) is 0 Å². The zero-order chi connectivity index (χ0) is 24.3. The van der Waals surface area contributed by atoms with E-state index in [4.69, 9.17) is 0 Å². The van der Waals surface area contributed by atoms with Gasteiger partial charge in [-0.15, -0.1) is 0 Å². The van der Waals surface area contributed by atoms with Crippen molar-refractivity contribution in [2.75, 3.05) is 11.4 Å². The summed E-state index contributed by atoms with van der Waals surface area (Å²) in [5, 5.41) is 0. The average molecular weight is 479 g/mol. The zero-order valence-corrected chi connectivity index (χ0v) is 20.6. The fraction of sp³-hybridized carbons (Fsp3) is 0.346. The Bertz CT molecular complexity index is 1290. The van der Waals surface area contributed by atoms with Crippen LogP contribution < -0.4 is 9.62 Å². The van der Waals surface area contributed by atoms with Crippen LogP contribution in [0.1, 0.15) is 65.9 Å². The highest BCUT2D eigenvalue weighted by atomic mass is 32.2. The van der Waals surface area contributed by atoms with Crippen LogP contribution in [-0.2, 0) is 29.4 Å². The summed E-state index contributed by atoms with van der Waals surface area (Å²) in [6.45, 7) is 7.55. The first-order chi connectivity index (χ1) is 16.3. The third kappa shape index (κ3) is 5.12. The van der Waals surface area contributed by atoms with E-state index in [9.17, 15) is 13.2 Å². The van der Waals surface area contributed by atoms with Crippen LogP contribution in [0.3, 0.4) is 0 Å². The number of carbonyl (C=O) groups is 1. The number of fused-ring (bicyclic) bond motifs is 1. The van der Waals surface area contributed by atoms with E-state index in [2.05, 4.69) is 31.7 Å². The molecule has 0 bridgehead atoms. The Morgan fingerprint density at radius 2 is 1.79 bits per heavy atom. The van der Waals surface area contributed by atoms with E-state index in [-0.39, 0.29) is 16.4 Å². The molecule has 8 heteroatoms. The Morgan fingerprint density at radius 3 is 2.47 bits per heavy atom. The van der Waals surface area contributed by atoms with Crippen LogP contribution in [0.2, 0.25) is 0 Å². The number of aromatic nitrogens is 2. The lowest BCUT2D eigenvalue weighted by molar-refractivity contribution is 0.0979. The largest absolute Gasteiger partial charge is 0.336 e. The van der Waals surface area contributed by atoms with Gasteiger partial charge in [0, 0.05) is 19.3 Å². The highest BCUT2D eigenvalue weighted by Gasteiger charge is 2.24. The molecule has 0 saturated carbocycles. The molecule has 0 spiro atoms. The molecule has 0 radical (unpaired) electrons. The normalized spacial score (nSPS) is 13.6. The number of anilines is 1. The molecule has 4 rings (SSSR count). The number of nitrogens with zero attached hydrogens (tertiary/aromatic N) is 3. The summed E-state index contributed by atoms with van der Waals surface area (Å²) in [5.74, 6) is 0.126. The quantitative estimate of drug-likeness (QED) is 0.546. The summed E-state index contributed by atoms with van der Waals surface area (Å²) >= 11 is 0. The predicted molar refractivity (Wildman–Crippen MR) is 132 cm³/mol. The summed E-state index contributed by atoms with van der Waals surface area (Å²) in [5.41, 5.74) is 4.33. The Hall–Kier alpha value is -3.26. The van der Waals surface area contributed by atoms with Crippen LogP contribution in [0.4, 0.5) is 5.95 Å². The second-order valence-electron chi connectivity index (χ2n) is 8.88. The summed E-state index contributed by atoms with van der Waals surface area (Å²) in [4.78, 5) is 24.2. The standard InChI is InChI=1S/C26H30N4O3S/c1-4-7-24-23(25(31)29-34(32,33)22-12-10-19(11-13-22)18(2)3)16-27-26(28-24)30-15-14-20-8-5-6-9-21(20)17-30/h5-6,8-13,16,18H,4,7,14-15,17H2,1-3H3,(H,29,31). The van der Waals surface area contributed by atoms with E-state index < -0.39 is 15.9 Å². The van der Waals surface area contributed by atoms with E-state index in [0.717, 1.165) is 24.9 Å². The molecule has 1 N–H and O–H groups in total. The summed E-state index contributed by atoms with van der Waals surface area (Å²) < 4.78 is 27.8. The van der Waals surface area contributed by atoms with E-state index in [0.29, 0.717) is 24.6 Å². The number of hydrogen-bond donors (Lipinski definition) is 1. The first kappa shape index (κ1) is 23.9. The zero-order valence-electron chi connectivity index (χ0n) is 19.8. The molecule has 34 heavy (non-hydrogen) atoms. The Kier molecular flexibility index (Phi) is 6.97. The van der Waals surface area contributed by atoms with Gasteiger partial charge in [-0.05, 0) is 47.6 Å². The van der Waals surface area contributed by atoms with Crippen LogP contribution in [-0.4, -0.2) is 30.8 Å². The molecule has 1 aliphatic heterocycles. The molecule has 1 aromatic heterocycles. The van der Waals surface area contributed by atoms with Crippen molar-refractivity contribution < 1.29 is 13.2 Å². The second-order valence-corrected chi connectivity index (χ2v) is 10.6. The van der Waals surface area contributed by atoms with Crippen molar-refractivity contribution >= 4 is 21.9 Å². The number of rotatable bonds is 7. The summed E-state index contributed by atoms with van der Waals surface area (Å²) in [6, 6.07) is 14.9. The lowest BCUT2D eigenvalue weighted by Crippen LogP contribution is -2.34. The minimum Gasteiger partial charge on any atom is -0.336 e. The molecule has 0 aliphatic carbocycles. The summed E-state index contributed by atoms with van der Waals surface area (Å²) in [6.07, 6.45) is 3.66. The predicted octanol–water partition coefficient (Wildman–Crippen LogP) is 4.23. The van der Waals surface area contributed by atoms with Gasteiger partial charge in [0.05, 0.1) is 16.2 Å². The molecule has 0 saturated heterocycles. The number of benzene rings is 2. The fourth-order valence-electron chi connectivity index (χ4n) is 4.11. The van der Waals surface area contributed by atoms with E-state index in [1.807, 2.05) is 32.9 Å². The highest BCUT2D eigenvalue weighted by Crippen LogP contribution is 2.23. The molecule has 0 unspecified atom stereocenters. The van der Waals surface area contributed by atoms with Crippen LogP contribution in [0.15, 0.2) is 59.6 Å². The van der Waals surface area contributed by atoms with Gasteiger partial charge in [-0.1, -0.05) is 63.6 Å². The minimum atomic E-state index is -4.01. The van der Waals surface area contributed by atoms with Crippen molar-refractivity contribution in [3.63, 3.8) is 0 Å². The molecule has 7 nitrogen and oxygen atoms in total. The van der Waals surface area contributed by atoms with Crippen molar-refractivity contribution in [2.24, 2.45) is 0 Å². The molecule has 0 atom stereocenters. The first-order valence-corrected chi connectivity index (χ1v) is 13.1. The third-order valence-electron chi connectivity index (χ3n) is 6.08. The molecule has 3 aromatic rings. The number of sulfonamides is 1. The maximum Gasteiger partial charge on any atom is 0.268 e. The van der Waals surface area contributed by atoms with Crippen molar-refractivity contribution in [1.29, 1.82) is 0 Å². The number of carbonyl (C=O) groups excluding carboxylic acids is 1. The van der Waals surface area contributed by atoms with Gasteiger partial charge in [0.2, 0.25) is 5.95 Å². The highest BCUT2D eigenvalue weighted by molar-refractivity contribution is 7.90. The van der Waals surface area contributed by atoms with Gasteiger partial charge in [0.25, 0.3) is 15.9 Å². The van der Waals surface area contributed by atoms with Gasteiger partial charge in [0.15, 0.2) is 0 Å². The van der Waals surface area contributed by atoms with Gasteiger partial charge < -0.3 is 4.90 Å². The second kappa shape index (κ2) is 9.93. The Labute approximate surface area is 201 Å². The fourth-order valence-corrected chi connectivity index (χ4v) is 5.08. The molecule has 0 fully saturated rings. The Balaban J connectivity index is 1.56. The van der Waals surface area contributed by atoms with Gasteiger partial charge in [-0.25, -0.2) is 23.1 Å². The number of aryl methyl sites for hydroxylation is 1. The lowest BCUT2D eigenvalue weighted by Gasteiger charge is -2.29. The van der Waals surface area contributed by atoms with Crippen LogP contribution >= 0.6 is 0 Å². The van der Waals surface area contributed by atoms with Crippen molar-refractivity contribution in [2.45, 2.75) is 57.4 Å². The summed E-state index contributed by atoms with van der Waals surface area (Å²) in [7, 11) is -4.01. The van der Waals surface area contributed by atoms with Crippen LogP contribution in [0.25, 0.3) is 0 Å². The van der Waals surface area contributed by atoms with E-state index in [1.54, 1.807) is 12.1 Å². The van der Waals surface area contributed by atoms with Crippen molar-refractivity contribution in [3.05, 3.63) is 82.7 Å². The van der Waals surface area contributed by atoms with Gasteiger partial charge in [0.1, 0.15) is 0 Å². The smallest absolute Gasteiger partial charge is 0.268 e. The molecule has 1 aliphatic rings. The average Bonchev–Trinajstić information content (AvgIpc) is 2.83. The van der Waals surface area contributed by atoms with Gasteiger partial charge >= 0.3 is 0 Å². The molecular weight excluding hydrogens is 448 g/mol. The van der Waals surface area contributed by atoms with Crippen molar-refractivity contribution in [3.8, 4) is 0 Å². The SMILES string of the molecule is CCCc1nc(N2CCc3ccccc3C2)ncc1C(=O)NS(=O)(=O)c1ccc(C(C)C)cc1. The molecular formula is C26H30N4O3S. The third-order valence-corrected chi connectivity index (χ3v) is 7.43. The maximum atomic E-state index is 13.0. The van der Waals surface area contributed by atoms with E-state index in [1.165, 1.54) is 29.5 Å². The monoisotopic (exact) mass is 478 g/mol. The number of amides is 1. The molecule has 178 valence electrons.